The highest BCUT2D eigenvalue weighted by Crippen LogP contribution is 1.86. The molecule has 0 unspecified atom stereocenters. The SMILES string of the molecule is COCCOCCOCCOS(=O)(=O)O. The van der Waals surface area contributed by atoms with Crippen LogP contribution in [0.15, 0.2) is 0 Å². The van der Waals surface area contributed by atoms with E-state index in [-0.39, 0.29) is 13.2 Å². The van der Waals surface area contributed by atoms with Crippen molar-refractivity contribution in [1.29, 1.82) is 0 Å². The molecule has 0 spiro atoms. The van der Waals surface area contributed by atoms with Crippen molar-refractivity contribution in [3.63, 3.8) is 0 Å². The average molecular weight is 244 g/mol. The van der Waals surface area contributed by atoms with Crippen LogP contribution in [0.25, 0.3) is 0 Å². The molecule has 0 rings (SSSR count). The minimum Gasteiger partial charge on any atom is -0.382 e. The van der Waals surface area contributed by atoms with Gasteiger partial charge < -0.3 is 14.2 Å². The van der Waals surface area contributed by atoms with E-state index in [0.29, 0.717) is 26.4 Å². The standard InChI is InChI=1S/C7H16O7S/c1-11-2-3-12-4-5-13-6-7-14-15(8,9)10/h2-7H2,1H3,(H,8,9,10). The maximum absolute atomic E-state index is 10.1. The smallest absolute Gasteiger partial charge is 0.382 e. The second-order valence-electron chi connectivity index (χ2n) is 2.47. The second-order valence-corrected chi connectivity index (χ2v) is 3.56. The fraction of sp³-hybridized carbons (Fsp3) is 1.00. The third kappa shape index (κ3) is 13.8. The van der Waals surface area contributed by atoms with Gasteiger partial charge in [-0.05, 0) is 0 Å². The topological polar surface area (TPSA) is 91.3 Å². The summed E-state index contributed by atoms with van der Waals surface area (Å²) in [5.74, 6) is 0. The molecule has 0 saturated carbocycles. The van der Waals surface area contributed by atoms with E-state index in [0.717, 1.165) is 0 Å². The van der Waals surface area contributed by atoms with Gasteiger partial charge in [0.15, 0.2) is 0 Å². The van der Waals surface area contributed by atoms with Crippen LogP contribution in [0.5, 0.6) is 0 Å². The molecule has 8 heteroatoms. The molecule has 0 heterocycles. The van der Waals surface area contributed by atoms with Gasteiger partial charge in [-0.15, -0.1) is 0 Å². The maximum Gasteiger partial charge on any atom is 0.397 e. The van der Waals surface area contributed by atoms with Crippen LogP contribution in [-0.4, -0.2) is 59.7 Å². The van der Waals surface area contributed by atoms with E-state index in [1.54, 1.807) is 7.11 Å². The highest BCUT2D eigenvalue weighted by atomic mass is 32.3. The largest absolute Gasteiger partial charge is 0.397 e. The molecule has 0 bridgehead atoms. The number of hydrogen-bond donors (Lipinski definition) is 1. The monoisotopic (exact) mass is 244 g/mol. The summed E-state index contributed by atoms with van der Waals surface area (Å²) in [6.45, 7) is 1.60. The zero-order valence-corrected chi connectivity index (χ0v) is 9.36. The Morgan fingerprint density at radius 1 is 0.933 bits per heavy atom. The second kappa shape index (κ2) is 9.01. The number of methoxy groups -OCH3 is 1. The zero-order chi connectivity index (χ0) is 11.6. The molecule has 0 amide bonds. The van der Waals surface area contributed by atoms with Crippen LogP contribution in [-0.2, 0) is 28.8 Å². The Balaban J connectivity index is 3.06. The van der Waals surface area contributed by atoms with Crippen LogP contribution >= 0.6 is 0 Å². The summed E-state index contributed by atoms with van der Waals surface area (Å²) in [7, 11) is -2.78. The Morgan fingerprint density at radius 2 is 1.40 bits per heavy atom. The maximum atomic E-state index is 10.1. The lowest BCUT2D eigenvalue weighted by Gasteiger charge is -2.04. The Morgan fingerprint density at radius 3 is 1.87 bits per heavy atom. The van der Waals surface area contributed by atoms with Gasteiger partial charge >= 0.3 is 10.4 Å². The molecule has 1 N–H and O–H groups in total. The summed E-state index contributed by atoms with van der Waals surface area (Å²) >= 11 is 0. The lowest BCUT2D eigenvalue weighted by atomic mass is 10.7. The molecule has 0 radical (unpaired) electrons. The van der Waals surface area contributed by atoms with E-state index >= 15 is 0 Å². The molecule has 7 nitrogen and oxygen atoms in total. The molecule has 0 aromatic heterocycles. The first-order valence-electron chi connectivity index (χ1n) is 4.32. The van der Waals surface area contributed by atoms with Gasteiger partial charge in [-0.2, -0.15) is 8.42 Å². The predicted octanol–water partition coefficient (Wildman–Crippen LogP) is -0.515. The summed E-state index contributed by atoms with van der Waals surface area (Å²) in [6, 6.07) is 0. The van der Waals surface area contributed by atoms with E-state index in [1.165, 1.54) is 0 Å². The quantitative estimate of drug-likeness (QED) is 0.408. The van der Waals surface area contributed by atoms with Crippen LogP contribution < -0.4 is 0 Å². The van der Waals surface area contributed by atoms with E-state index < -0.39 is 10.4 Å². The molecule has 92 valence electrons. The normalized spacial score (nSPS) is 11.9. The van der Waals surface area contributed by atoms with Crippen LogP contribution in [0.2, 0.25) is 0 Å². The first-order chi connectivity index (χ1) is 7.06. The van der Waals surface area contributed by atoms with Crippen LogP contribution in [0.3, 0.4) is 0 Å². The van der Waals surface area contributed by atoms with Crippen molar-refractivity contribution in [3.05, 3.63) is 0 Å². The van der Waals surface area contributed by atoms with Gasteiger partial charge in [0.05, 0.1) is 39.6 Å². The molecule has 0 aliphatic heterocycles. The average Bonchev–Trinajstić information content (AvgIpc) is 2.14. The molecule has 0 atom stereocenters. The summed E-state index contributed by atoms with van der Waals surface area (Å²) in [5.41, 5.74) is 0. The van der Waals surface area contributed by atoms with Crippen molar-refractivity contribution >= 4 is 10.4 Å². The molecular formula is C7H16O7S. The summed E-state index contributed by atoms with van der Waals surface area (Å²) in [5, 5.41) is 0. The van der Waals surface area contributed by atoms with Crippen LogP contribution in [0.1, 0.15) is 0 Å². The third-order valence-electron chi connectivity index (χ3n) is 1.26. The van der Waals surface area contributed by atoms with Crippen molar-refractivity contribution in [2.45, 2.75) is 0 Å². The van der Waals surface area contributed by atoms with E-state index in [9.17, 15) is 8.42 Å². The van der Waals surface area contributed by atoms with Gasteiger partial charge in [0.25, 0.3) is 0 Å². The minimum atomic E-state index is -4.36. The van der Waals surface area contributed by atoms with Gasteiger partial charge in [0, 0.05) is 7.11 Å². The molecule has 0 aliphatic carbocycles. The first-order valence-corrected chi connectivity index (χ1v) is 5.69. The van der Waals surface area contributed by atoms with Gasteiger partial charge in [-0.1, -0.05) is 0 Å². The summed E-state index contributed by atoms with van der Waals surface area (Å²) in [4.78, 5) is 0. The third-order valence-corrected chi connectivity index (χ3v) is 1.73. The molecule has 15 heavy (non-hydrogen) atoms. The Bertz CT molecular complexity index is 225. The van der Waals surface area contributed by atoms with E-state index in [4.69, 9.17) is 18.8 Å². The molecule has 0 aliphatic rings. The van der Waals surface area contributed by atoms with Crippen LogP contribution in [0.4, 0.5) is 0 Å². The Kier molecular flexibility index (Phi) is 8.86. The van der Waals surface area contributed by atoms with Crippen LogP contribution in [0, 0.1) is 0 Å². The summed E-state index contributed by atoms with van der Waals surface area (Å²) < 4.78 is 47.1. The van der Waals surface area contributed by atoms with Crippen molar-refractivity contribution in [2.24, 2.45) is 0 Å². The van der Waals surface area contributed by atoms with E-state index in [2.05, 4.69) is 4.18 Å². The lowest BCUT2D eigenvalue weighted by Crippen LogP contribution is -2.13. The molecule has 0 aromatic rings. The van der Waals surface area contributed by atoms with Gasteiger partial charge in [0.1, 0.15) is 0 Å². The summed E-state index contributed by atoms with van der Waals surface area (Å²) in [6.07, 6.45) is 0. The fourth-order valence-electron chi connectivity index (χ4n) is 0.662. The number of rotatable bonds is 10. The minimum absolute atomic E-state index is 0.0768. The predicted molar refractivity (Wildman–Crippen MR) is 51.0 cm³/mol. The highest BCUT2D eigenvalue weighted by Gasteiger charge is 2.02. The van der Waals surface area contributed by atoms with E-state index in [1.807, 2.05) is 0 Å². The van der Waals surface area contributed by atoms with Crippen molar-refractivity contribution < 1.29 is 31.4 Å². The highest BCUT2D eigenvalue weighted by molar-refractivity contribution is 7.80. The van der Waals surface area contributed by atoms with Gasteiger partial charge in [-0.25, -0.2) is 4.18 Å². The molecule has 0 fully saturated rings. The Labute approximate surface area is 89.2 Å². The fourth-order valence-corrected chi connectivity index (χ4v) is 0.941. The lowest BCUT2D eigenvalue weighted by molar-refractivity contribution is 0.0176. The van der Waals surface area contributed by atoms with Gasteiger partial charge in [0.2, 0.25) is 0 Å². The first kappa shape index (κ1) is 14.8. The molecule has 0 aromatic carbocycles. The zero-order valence-electron chi connectivity index (χ0n) is 8.55. The number of ether oxygens (including phenoxy) is 3. The van der Waals surface area contributed by atoms with Crippen molar-refractivity contribution in [1.82, 2.24) is 0 Å². The van der Waals surface area contributed by atoms with Crippen molar-refractivity contribution in [2.75, 3.05) is 46.8 Å². The van der Waals surface area contributed by atoms with Gasteiger partial charge in [-0.3, -0.25) is 4.55 Å². The number of hydrogen-bond acceptors (Lipinski definition) is 6. The van der Waals surface area contributed by atoms with Crippen molar-refractivity contribution in [3.8, 4) is 0 Å². The molecule has 0 saturated heterocycles. The molecular weight excluding hydrogens is 228 g/mol. The Hall–Kier alpha value is -0.250.